The van der Waals surface area contributed by atoms with Crippen molar-refractivity contribution in [3.05, 3.63) is 0 Å². The zero-order valence-electron chi connectivity index (χ0n) is 6.71. The number of hydrogen-bond donors (Lipinski definition) is 1. The fraction of sp³-hybridized carbons (Fsp3) is 1.00. The van der Waals surface area contributed by atoms with E-state index in [9.17, 15) is 0 Å². The van der Waals surface area contributed by atoms with Crippen molar-refractivity contribution in [3.63, 3.8) is 0 Å². The number of aliphatic hydroxyl groups excluding tert-OH is 1. The summed E-state index contributed by atoms with van der Waals surface area (Å²) in [6.45, 7) is 0. The molecule has 0 saturated heterocycles. The summed E-state index contributed by atoms with van der Waals surface area (Å²) in [4.78, 5) is 0. The average molecular weight is 205 g/mol. The van der Waals surface area contributed by atoms with Crippen molar-refractivity contribution >= 4 is 0 Å². The number of rotatable bonds is 0. The van der Waals surface area contributed by atoms with E-state index in [1.54, 1.807) is 14.2 Å². The summed E-state index contributed by atoms with van der Waals surface area (Å²) in [6, 6.07) is 0. The molecule has 7 N–H and O–H groups in total. The van der Waals surface area contributed by atoms with Crippen LogP contribution in [0.15, 0.2) is 0 Å². The van der Waals surface area contributed by atoms with Crippen molar-refractivity contribution in [2.75, 3.05) is 21.3 Å². The minimum atomic E-state index is 0. The molecular weight excluding hydrogens is 184 g/mol. The molecule has 10 heavy (non-hydrogen) atoms. The summed E-state index contributed by atoms with van der Waals surface area (Å²) < 4.78 is 4.25. The van der Waals surface area contributed by atoms with Crippen LogP contribution in [0.3, 0.4) is 0 Å². The van der Waals surface area contributed by atoms with E-state index < -0.39 is 0 Å². The Morgan fingerprint density at radius 1 is 1.00 bits per heavy atom. The van der Waals surface area contributed by atoms with E-state index >= 15 is 0 Å². The molecular formula is C4H21FeO5+. The first kappa shape index (κ1) is 81.3. The second-order valence-corrected chi connectivity index (χ2v) is 0.408. The molecule has 0 atom stereocenters. The van der Waals surface area contributed by atoms with Gasteiger partial charge in [0.1, 0.15) is 0 Å². The summed E-state index contributed by atoms with van der Waals surface area (Å²) in [5.74, 6) is 0. The molecule has 6 heteroatoms. The van der Waals surface area contributed by atoms with Crippen molar-refractivity contribution in [2.24, 2.45) is 0 Å². The summed E-state index contributed by atoms with van der Waals surface area (Å²) in [6.07, 6.45) is 0. The van der Waals surface area contributed by atoms with Gasteiger partial charge in [0, 0.05) is 38.4 Å². The number of aliphatic hydroxyl groups is 1. The predicted octanol–water partition coefficient (Wildman–Crippen LogP) is -1.86. The van der Waals surface area contributed by atoms with Gasteiger partial charge in [0.2, 0.25) is 0 Å². The zero-order chi connectivity index (χ0) is 4.71. The Morgan fingerprint density at radius 3 is 1.00 bits per heavy atom. The molecule has 0 saturated carbocycles. The Bertz CT molecular complexity index is 18.4. The minimum absolute atomic E-state index is 0. The van der Waals surface area contributed by atoms with Crippen molar-refractivity contribution in [1.82, 2.24) is 0 Å². The van der Waals surface area contributed by atoms with Gasteiger partial charge in [0.25, 0.3) is 0 Å². The van der Waals surface area contributed by atoms with Crippen LogP contribution in [0, 0.1) is 0 Å². The van der Waals surface area contributed by atoms with Gasteiger partial charge in [-0.25, -0.2) is 0 Å². The molecule has 0 bridgehead atoms. The Labute approximate surface area is 74.3 Å². The van der Waals surface area contributed by atoms with Gasteiger partial charge in [0.15, 0.2) is 0 Å². The average Bonchev–Trinajstić information content (AvgIpc) is 1.46. The Kier molecular flexibility index (Phi) is 3010. The molecule has 5 nitrogen and oxygen atoms in total. The molecule has 0 spiro atoms. The largest absolute Gasteiger partial charge is 1.00 e. The van der Waals surface area contributed by atoms with Crippen molar-refractivity contribution < 1.29 is 44.8 Å². The van der Waals surface area contributed by atoms with Crippen LogP contribution < -0.4 is 0 Å². The Morgan fingerprint density at radius 2 is 1.00 bits per heavy atom. The van der Waals surface area contributed by atoms with Gasteiger partial charge < -0.3 is 26.3 Å². The molecule has 0 unspecified atom stereocenters. The summed E-state index contributed by atoms with van der Waals surface area (Å²) in [7, 11) is 4.25. The predicted molar refractivity (Wildman–Crippen MR) is 39.8 cm³/mol. The molecule has 0 fully saturated rings. The first-order chi connectivity index (χ1) is 2.41. The van der Waals surface area contributed by atoms with Crippen molar-refractivity contribution in [3.8, 4) is 0 Å². The van der Waals surface area contributed by atoms with Gasteiger partial charge in [-0.1, -0.05) is 7.43 Å². The van der Waals surface area contributed by atoms with Gasteiger partial charge in [-0.15, -0.1) is 0 Å². The molecule has 74 valence electrons. The number of hydrogen-bond acceptors (Lipinski definition) is 2. The number of methoxy groups -OCH3 is 1. The van der Waals surface area contributed by atoms with E-state index in [0.717, 1.165) is 7.11 Å². The SMILES string of the molecule is C.CO.COC.O.O.O.[Fe].[H+]. The second kappa shape index (κ2) is 370. The van der Waals surface area contributed by atoms with E-state index in [1.807, 2.05) is 0 Å². The topological polar surface area (TPSA) is 124 Å². The molecule has 0 aromatic rings. The summed E-state index contributed by atoms with van der Waals surface area (Å²) in [5.41, 5.74) is 0. The summed E-state index contributed by atoms with van der Waals surface area (Å²) in [5, 5.41) is 7.00. The smallest absolute Gasteiger partial charge is 0.412 e. The van der Waals surface area contributed by atoms with Gasteiger partial charge in [-0.05, 0) is 0 Å². The van der Waals surface area contributed by atoms with Crippen LogP contribution in [-0.4, -0.2) is 42.9 Å². The van der Waals surface area contributed by atoms with Gasteiger partial charge in [0.05, 0.1) is 0 Å². The quantitative estimate of drug-likeness (QED) is 0.466. The molecule has 0 amide bonds. The fourth-order valence-electron chi connectivity index (χ4n) is 0. The monoisotopic (exact) mass is 205 g/mol. The molecule has 0 rings (SSSR count). The van der Waals surface area contributed by atoms with Crippen LogP contribution in [0.5, 0.6) is 0 Å². The van der Waals surface area contributed by atoms with Gasteiger partial charge in [-0.2, -0.15) is 0 Å². The molecule has 0 radical (unpaired) electrons. The first-order valence-electron chi connectivity index (χ1n) is 1.26. The van der Waals surface area contributed by atoms with Crippen LogP contribution in [0.2, 0.25) is 0 Å². The maximum atomic E-state index is 7.00. The fourth-order valence-corrected chi connectivity index (χ4v) is 0. The van der Waals surface area contributed by atoms with Gasteiger partial charge in [-0.3, -0.25) is 0 Å². The third kappa shape index (κ3) is 4370. The molecule has 0 aromatic heterocycles. The third-order valence-electron chi connectivity index (χ3n) is 0. The first-order valence-corrected chi connectivity index (χ1v) is 1.26. The number of ether oxygens (including phenoxy) is 1. The molecule has 0 heterocycles. The molecule has 0 aliphatic carbocycles. The summed E-state index contributed by atoms with van der Waals surface area (Å²) >= 11 is 0. The molecule has 0 aliphatic heterocycles. The van der Waals surface area contributed by atoms with Crippen molar-refractivity contribution in [1.29, 1.82) is 0 Å². The van der Waals surface area contributed by atoms with Crippen LogP contribution in [-0.2, 0) is 21.8 Å². The van der Waals surface area contributed by atoms with E-state index in [2.05, 4.69) is 4.74 Å². The normalized spacial score (nSPS) is 2.40. The van der Waals surface area contributed by atoms with Crippen LogP contribution in [0.4, 0.5) is 0 Å². The van der Waals surface area contributed by atoms with E-state index in [-0.39, 0.29) is 42.4 Å². The van der Waals surface area contributed by atoms with Gasteiger partial charge >= 0.3 is 1.43 Å². The van der Waals surface area contributed by atoms with E-state index in [1.165, 1.54) is 0 Å². The molecule has 0 aliphatic rings. The maximum absolute atomic E-state index is 7.00. The minimum Gasteiger partial charge on any atom is -0.412 e. The standard InChI is InChI=1S/C2H6O.CH4O.CH4.Fe.3H2O/c1-3-2;1-2;;;;;/h1-2H3;2H,1H3;1H4;;3*1H2/p+1. The van der Waals surface area contributed by atoms with E-state index in [4.69, 9.17) is 5.11 Å². The van der Waals surface area contributed by atoms with Crippen molar-refractivity contribution in [2.45, 2.75) is 7.43 Å². The van der Waals surface area contributed by atoms with Crippen LogP contribution >= 0.6 is 0 Å². The molecule has 0 aromatic carbocycles. The zero-order valence-corrected chi connectivity index (χ0v) is 6.81. The maximum Gasteiger partial charge on any atom is 1.00 e. The van der Waals surface area contributed by atoms with Crippen LogP contribution in [0.1, 0.15) is 8.85 Å². The Hall–Kier alpha value is 0.319. The van der Waals surface area contributed by atoms with E-state index in [0.29, 0.717) is 0 Å². The Balaban J connectivity index is -0.00000000181. The third-order valence-corrected chi connectivity index (χ3v) is 0. The van der Waals surface area contributed by atoms with Crippen LogP contribution in [0.25, 0.3) is 0 Å². The second-order valence-electron chi connectivity index (χ2n) is 0.408.